The van der Waals surface area contributed by atoms with Gasteiger partial charge in [0.1, 0.15) is 18.9 Å². The maximum atomic E-state index is 14.2. The van der Waals surface area contributed by atoms with E-state index in [1.807, 2.05) is 30.3 Å². The van der Waals surface area contributed by atoms with Gasteiger partial charge in [-0.3, -0.25) is 9.59 Å². The third kappa shape index (κ3) is 6.37. The van der Waals surface area contributed by atoms with Crippen molar-refractivity contribution in [3.05, 3.63) is 106 Å². The van der Waals surface area contributed by atoms with Crippen LogP contribution in [0.3, 0.4) is 0 Å². The van der Waals surface area contributed by atoms with Gasteiger partial charge in [-0.2, -0.15) is 0 Å². The van der Waals surface area contributed by atoms with E-state index in [4.69, 9.17) is 21.2 Å². The molecule has 248 valence electrons. The Balaban J connectivity index is 1.25. The van der Waals surface area contributed by atoms with Crippen LogP contribution in [-0.4, -0.2) is 54.5 Å². The molecule has 3 aromatic rings. The Kier molecular flexibility index (Phi) is 9.09. The van der Waals surface area contributed by atoms with Gasteiger partial charge in [-0.25, -0.2) is 21.6 Å². The van der Waals surface area contributed by atoms with Gasteiger partial charge in [0, 0.05) is 29.0 Å². The lowest BCUT2D eigenvalue weighted by Crippen LogP contribution is -2.57. The van der Waals surface area contributed by atoms with E-state index in [2.05, 4.69) is 5.32 Å². The minimum atomic E-state index is -4.16. The van der Waals surface area contributed by atoms with Crippen molar-refractivity contribution in [2.75, 3.05) is 11.9 Å². The predicted octanol–water partition coefficient (Wildman–Crippen LogP) is 5.58. The van der Waals surface area contributed by atoms with E-state index in [1.165, 1.54) is 18.4 Å². The molecule has 0 radical (unpaired) electrons. The number of halogens is 4. The number of carbonyl (C=O) groups is 2. The van der Waals surface area contributed by atoms with Crippen molar-refractivity contribution in [2.24, 2.45) is 11.8 Å². The second-order valence-corrected chi connectivity index (χ2v) is 14.6. The van der Waals surface area contributed by atoms with Gasteiger partial charge in [-0.05, 0) is 61.3 Å². The van der Waals surface area contributed by atoms with Crippen LogP contribution in [0.4, 0.5) is 18.9 Å². The Hall–Kier alpha value is -3.91. The molecule has 2 aliphatic carbocycles. The average Bonchev–Trinajstić information content (AvgIpc) is 3.58. The fourth-order valence-electron chi connectivity index (χ4n) is 7.33. The van der Waals surface area contributed by atoms with E-state index in [9.17, 15) is 36.3 Å². The van der Waals surface area contributed by atoms with Gasteiger partial charge in [0.2, 0.25) is 0 Å². The lowest BCUT2D eigenvalue weighted by Gasteiger charge is -2.46. The number of rotatable bonds is 10. The number of hydrogen-bond donors (Lipinski definition) is 2. The van der Waals surface area contributed by atoms with Gasteiger partial charge >= 0.3 is 0 Å². The molecule has 0 aromatic heterocycles. The number of hydrogen-bond acceptors (Lipinski definition) is 8. The summed E-state index contributed by atoms with van der Waals surface area (Å²) in [7, 11) is -4.16. The van der Waals surface area contributed by atoms with E-state index in [-0.39, 0.29) is 40.6 Å². The number of hydroxylamine groups is 2. The molecular formula is C33H30ClF3N2O7S. The summed E-state index contributed by atoms with van der Waals surface area (Å²) in [5.41, 5.74) is -0.479. The van der Waals surface area contributed by atoms with Crippen LogP contribution in [0.5, 0.6) is 0 Å². The topological polar surface area (TPSA) is 122 Å². The van der Waals surface area contributed by atoms with Crippen molar-refractivity contribution in [3.63, 3.8) is 0 Å². The second-order valence-electron chi connectivity index (χ2n) is 12.1. The number of aliphatic hydroxyl groups is 1. The normalized spacial score (nSPS) is 25.6. The van der Waals surface area contributed by atoms with Crippen LogP contribution in [0.2, 0.25) is 5.02 Å². The van der Waals surface area contributed by atoms with Gasteiger partial charge < -0.3 is 20.0 Å². The van der Waals surface area contributed by atoms with Crippen LogP contribution in [-0.2, 0) is 30.8 Å². The maximum absolute atomic E-state index is 14.2. The predicted molar refractivity (Wildman–Crippen MR) is 164 cm³/mol. The summed E-state index contributed by atoms with van der Waals surface area (Å²) in [6.45, 7) is 0.511. The van der Waals surface area contributed by atoms with Crippen LogP contribution in [0, 0.1) is 29.3 Å². The summed E-state index contributed by atoms with van der Waals surface area (Å²) >= 11 is 6.39. The van der Waals surface area contributed by atoms with Crippen molar-refractivity contribution < 1.29 is 45.9 Å². The van der Waals surface area contributed by atoms with Crippen molar-refractivity contribution in [1.29, 1.82) is 0 Å². The van der Waals surface area contributed by atoms with Crippen LogP contribution in [0.15, 0.2) is 77.4 Å². The summed E-state index contributed by atoms with van der Waals surface area (Å²) in [6.07, 6.45) is 2.69. The molecule has 3 aromatic carbocycles. The van der Waals surface area contributed by atoms with Crippen molar-refractivity contribution in [3.8, 4) is 0 Å². The number of anilines is 1. The molecule has 14 heteroatoms. The Bertz CT molecular complexity index is 1810. The summed E-state index contributed by atoms with van der Waals surface area (Å²) in [5.74, 6) is -6.54. The average molecular weight is 691 g/mol. The Labute approximate surface area is 273 Å². The van der Waals surface area contributed by atoms with E-state index in [0.717, 1.165) is 11.6 Å². The number of benzene rings is 3. The van der Waals surface area contributed by atoms with Crippen LogP contribution in [0.25, 0.3) is 0 Å². The van der Waals surface area contributed by atoms with Gasteiger partial charge in [0.05, 0.1) is 27.3 Å². The smallest absolute Gasteiger partial charge is 0.293 e. The molecule has 1 heterocycles. The number of fused-ring (bicyclic) bond motifs is 2. The molecule has 0 spiro atoms. The molecule has 1 amide bonds. The number of carbonyl (C=O) groups excluding carboxylic acids is 2. The first-order chi connectivity index (χ1) is 22.4. The number of nitrogens with zero attached hydrogens (tertiary/aromatic N) is 1. The molecular weight excluding hydrogens is 661 g/mol. The molecule has 1 aliphatic heterocycles. The SMILES string of the molecule is O=COCC1=CON(Cc2ccccc2)C1[C@]1(O)CC2CC[C@@H](C1)[C@H]2S(=O)(=O)c1cc(C(=O)Nc2cc(F)c(F)c(F)c2)ccc1Cl. The van der Waals surface area contributed by atoms with E-state index in [1.54, 1.807) is 5.06 Å². The highest BCUT2D eigenvalue weighted by molar-refractivity contribution is 7.92. The third-order valence-electron chi connectivity index (χ3n) is 9.16. The van der Waals surface area contributed by atoms with Crippen molar-refractivity contribution in [1.82, 2.24) is 5.06 Å². The fraction of sp³-hybridized carbons (Fsp3) is 0.333. The molecule has 5 atom stereocenters. The molecule has 0 saturated heterocycles. The highest BCUT2D eigenvalue weighted by Gasteiger charge is 2.59. The molecule has 2 saturated carbocycles. The van der Waals surface area contributed by atoms with Crippen LogP contribution in [0.1, 0.15) is 41.6 Å². The molecule has 47 heavy (non-hydrogen) atoms. The first-order valence-electron chi connectivity index (χ1n) is 14.8. The Morgan fingerprint density at radius 2 is 1.72 bits per heavy atom. The minimum absolute atomic E-state index is 0.102. The number of sulfone groups is 1. The zero-order valence-electron chi connectivity index (χ0n) is 24.7. The number of ether oxygens (including phenoxy) is 1. The first kappa shape index (κ1) is 33.0. The van der Waals surface area contributed by atoms with Crippen LogP contribution < -0.4 is 5.32 Å². The molecule has 2 N–H and O–H groups in total. The van der Waals surface area contributed by atoms with Crippen LogP contribution >= 0.6 is 11.6 Å². The Morgan fingerprint density at radius 1 is 1.06 bits per heavy atom. The highest BCUT2D eigenvalue weighted by Crippen LogP contribution is 2.54. The minimum Gasteiger partial charge on any atom is -0.463 e. The van der Waals surface area contributed by atoms with E-state index in [0.29, 0.717) is 43.6 Å². The third-order valence-corrected chi connectivity index (χ3v) is 12.0. The second kappa shape index (κ2) is 12.9. The lowest BCUT2D eigenvalue weighted by molar-refractivity contribution is -0.179. The van der Waals surface area contributed by atoms with Gasteiger partial charge in [0.25, 0.3) is 12.4 Å². The Morgan fingerprint density at radius 3 is 2.36 bits per heavy atom. The largest absolute Gasteiger partial charge is 0.463 e. The summed E-state index contributed by atoms with van der Waals surface area (Å²) in [4.78, 5) is 29.5. The quantitative estimate of drug-likeness (QED) is 0.209. The molecule has 3 aliphatic rings. The number of nitrogens with one attached hydrogen (secondary N) is 1. The monoisotopic (exact) mass is 690 g/mol. The number of amides is 1. The van der Waals surface area contributed by atoms with Crippen molar-refractivity contribution in [2.45, 2.75) is 54.0 Å². The summed E-state index contributed by atoms with van der Waals surface area (Å²) < 4.78 is 74.2. The molecule has 9 nitrogen and oxygen atoms in total. The maximum Gasteiger partial charge on any atom is 0.293 e. The van der Waals surface area contributed by atoms with Gasteiger partial charge in [0.15, 0.2) is 27.3 Å². The highest BCUT2D eigenvalue weighted by atomic mass is 35.5. The van der Waals surface area contributed by atoms with E-state index < -0.39 is 61.9 Å². The van der Waals surface area contributed by atoms with Gasteiger partial charge in [-0.1, -0.05) is 41.9 Å². The van der Waals surface area contributed by atoms with Crippen molar-refractivity contribution >= 4 is 39.5 Å². The first-order valence-corrected chi connectivity index (χ1v) is 16.8. The molecule has 2 bridgehead atoms. The molecule has 2 unspecified atom stereocenters. The summed E-state index contributed by atoms with van der Waals surface area (Å²) in [5, 5.41) is 15.1. The molecule has 2 fully saturated rings. The fourth-order valence-corrected chi connectivity index (χ4v) is 10.2. The van der Waals surface area contributed by atoms with Gasteiger partial charge in [-0.15, -0.1) is 5.06 Å². The zero-order valence-corrected chi connectivity index (χ0v) is 26.3. The zero-order chi connectivity index (χ0) is 33.5. The lowest BCUT2D eigenvalue weighted by atomic mass is 9.71. The molecule has 6 rings (SSSR count). The van der Waals surface area contributed by atoms with E-state index >= 15 is 0 Å². The summed E-state index contributed by atoms with van der Waals surface area (Å²) in [6, 6.07) is 13.6. The standard InChI is InChI=1S/C33H30ClF3N2O7S/c34-25-9-8-20(32(41)38-24-11-26(35)29(37)27(36)12-24)10-28(25)47(43,44)30-21-6-7-22(30)14-33(42,13-21)31-23(16-45-18-40)17-46-39(31)15-19-4-2-1-3-5-19/h1-5,8-12,17-18,21-22,30-31,42H,6-7,13-16H2,(H,38,41)/t21-,22?,30+,31?,33+/m0/s1.